The fraction of sp³-hybridized carbons (Fsp3) is 0.136. The van der Waals surface area contributed by atoms with Gasteiger partial charge in [-0.1, -0.05) is 42.5 Å². The summed E-state index contributed by atoms with van der Waals surface area (Å²) in [7, 11) is 3.22. The van der Waals surface area contributed by atoms with E-state index >= 15 is 0 Å². The number of methoxy groups -OCH3 is 2. The molecule has 0 aliphatic rings. The van der Waals surface area contributed by atoms with Crippen LogP contribution in [-0.2, 0) is 6.54 Å². The van der Waals surface area contributed by atoms with E-state index in [-0.39, 0.29) is 5.82 Å². The highest BCUT2D eigenvalue weighted by atomic mass is 19.1. The summed E-state index contributed by atoms with van der Waals surface area (Å²) in [6.45, 7) is 0.527. The Hall–Kier alpha value is -3.34. The van der Waals surface area contributed by atoms with Gasteiger partial charge in [0.1, 0.15) is 17.0 Å². The number of hydrogen-bond acceptors (Lipinski definition) is 3. The van der Waals surface area contributed by atoms with Gasteiger partial charge in [0.15, 0.2) is 5.82 Å². The van der Waals surface area contributed by atoms with E-state index in [1.807, 2.05) is 59.3 Å². The van der Waals surface area contributed by atoms with Gasteiger partial charge in [0, 0.05) is 17.0 Å². The summed E-state index contributed by atoms with van der Waals surface area (Å²) in [4.78, 5) is 0. The molecule has 0 aliphatic carbocycles. The monoisotopic (exact) mass is 362 g/mol. The fourth-order valence-electron chi connectivity index (χ4n) is 3.27. The standard InChI is InChI=1S/C22H19FN2O2/c1-26-16-11-12-17(20(13-16)27-2)22-18-9-6-10-19(23)21(18)24-25(22)14-15-7-4-3-5-8-15/h3-13H,14H2,1-2H3. The first-order valence-electron chi connectivity index (χ1n) is 8.62. The Morgan fingerprint density at radius 1 is 0.926 bits per heavy atom. The zero-order chi connectivity index (χ0) is 18.8. The average molecular weight is 362 g/mol. The first kappa shape index (κ1) is 17.1. The molecule has 3 aromatic carbocycles. The van der Waals surface area contributed by atoms with E-state index < -0.39 is 0 Å². The molecule has 5 heteroatoms. The molecule has 4 aromatic rings. The van der Waals surface area contributed by atoms with Gasteiger partial charge in [-0.3, -0.25) is 4.68 Å². The summed E-state index contributed by atoms with van der Waals surface area (Å²) in [6.07, 6.45) is 0. The number of fused-ring (bicyclic) bond motifs is 1. The van der Waals surface area contributed by atoms with Crippen LogP contribution in [0.25, 0.3) is 22.2 Å². The topological polar surface area (TPSA) is 36.3 Å². The number of halogens is 1. The van der Waals surface area contributed by atoms with Crippen molar-refractivity contribution in [1.82, 2.24) is 9.78 Å². The summed E-state index contributed by atoms with van der Waals surface area (Å²) >= 11 is 0. The fourth-order valence-corrected chi connectivity index (χ4v) is 3.27. The Morgan fingerprint density at radius 2 is 1.74 bits per heavy atom. The molecular weight excluding hydrogens is 343 g/mol. The number of benzene rings is 3. The van der Waals surface area contributed by atoms with Gasteiger partial charge in [-0.25, -0.2) is 4.39 Å². The molecule has 0 aliphatic heterocycles. The van der Waals surface area contributed by atoms with Gasteiger partial charge in [-0.05, 0) is 23.8 Å². The quantitative estimate of drug-likeness (QED) is 0.506. The minimum absolute atomic E-state index is 0.340. The van der Waals surface area contributed by atoms with Gasteiger partial charge in [0.25, 0.3) is 0 Å². The zero-order valence-corrected chi connectivity index (χ0v) is 15.1. The third-order valence-corrected chi connectivity index (χ3v) is 4.56. The van der Waals surface area contributed by atoms with Crippen molar-refractivity contribution in [2.45, 2.75) is 6.54 Å². The molecule has 1 aromatic heterocycles. The van der Waals surface area contributed by atoms with Crippen LogP contribution in [0.4, 0.5) is 4.39 Å². The molecule has 0 spiro atoms. The van der Waals surface area contributed by atoms with Crippen LogP contribution >= 0.6 is 0 Å². The second-order valence-corrected chi connectivity index (χ2v) is 6.19. The van der Waals surface area contributed by atoms with E-state index in [9.17, 15) is 4.39 Å². The number of ether oxygens (including phenoxy) is 2. The van der Waals surface area contributed by atoms with Crippen molar-refractivity contribution in [3.8, 4) is 22.8 Å². The van der Waals surface area contributed by atoms with Gasteiger partial charge in [0.2, 0.25) is 0 Å². The maximum Gasteiger partial charge on any atom is 0.151 e. The molecule has 4 nitrogen and oxygen atoms in total. The van der Waals surface area contributed by atoms with Crippen molar-refractivity contribution in [1.29, 1.82) is 0 Å². The third kappa shape index (κ3) is 3.12. The van der Waals surface area contributed by atoms with E-state index in [1.54, 1.807) is 20.3 Å². The third-order valence-electron chi connectivity index (χ3n) is 4.56. The van der Waals surface area contributed by atoms with E-state index in [4.69, 9.17) is 9.47 Å². The van der Waals surface area contributed by atoms with Gasteiger partial charge in [-0.2, -0.15) is 5.10 Å². The molecule has 0 atom stereocenters. The highest BCUT2D eigenvalue weighted by Gasteiger charge is 2.19. The Morgan fingerprint density at radius 3 is 2.48 bits per heavy atom. The molecule has 0 bridgehead atoms. The van der Waals surface area contributed by atoms with Crippen LogP contribution in [0.3, 0.4) is 0 Å². The molecule has 0 saturated heterocycles. The predicted molar refractivity (Wildman–Crippen MR) is 104 cm³/mol. The number of hydrogen-bond donors (Lipinski definition) is 0. The molecule has 4 rings (SSSR count). The maximum absolute atomic E-state index is 14.4. The lowest BCUT2D eigenvalue weighted by molar-refractivity contribution is 0.395. The molecule has 0 amide bonds. The van der Waals surface area contributed by atoms with E-state index in [1.165, 1.54) is 6.07 Å². The van der Waals surface area contributed by atoms with Crippen molar-refractivity contribution < 1.29 is 13.9 Å². The van der Waals surface area contributed by atoms with E-state index in [2.05, 4.69) is 5.10 Å². The SMILES string of the molecule is COc1ccc(-c2c3cccc(F)c3nn2Cc2ccccc2)c(OC)c1. The molecule has 0 saturated carbocycles. The van der Waals surface area contributed by atoms with Crippen LogP contribution in [-0.4, -0.2) is 24.0 Å². The zero-order valence-electron chi connectivity index (χ0n) is 15.1. The van der Waals surface area contributed by atoms with Gasteiger partial charge in [0.05, 0.1) is 26.5 Å². The Bertz CT molecular complexity index is 1090. The van der Waals surface area contributed by atoms with Crippen molar-refractivity contribution in [2.24, 2.45) is 0 Å². The summed E-state index contributed by atoms with van der Waals surface area (Å²) < 4.78 is 27.1. The Labute approximate surface area is 156 Å². The molecular formula is C22H19FN2O2. The predicted octanol–water partition coefficient (Wildman–Crippen LogP) is 4.91. The minimum atomic E-state index is -0.340. The van der Waals surface area contributed by atoms with Crippen LogP contribution < -0.4 is 9.47 Å². The molecule has 1 heterocycles. The molecule has 0 N–H and O–H groups in total. The van der Waals surface area contributed by atoms with Crippen LogP contribution in [0, 0.1) is 5.82 Å². The van der Waals surface area contributed by atoms with Gasteiger partial charge < -0.3 is 9.47 Å². The van der Waals surface area contributed by atoms with Crippen LogP contribution in [0.2, 0.25) is 0 Å². The van der Waals surface area contributed by atoms with Crippen molar-refractivity contribution in [2.75, 3.05) is 14.2 Å². The highest BCUT2D eigenvalue weighted by Crippen LogP contribution is 2.38. The smallest absolute Gasteiger partial charge is 0.151 e. The second-order valence-electron chi connectivity index (χ2n) is 6.19. The molecule has 0 unspecified atom stereocenters. The summed E-state index contributed by atoms with van der Waals surface area (Å²) in [6, 6.07) is 20.6. The lowest BCUT2D eigenvalue weighted by Gasteiger charge is -2.13. The molecule has 0 fully saturated rings. The highest BCUT2D eigenvalue weighted by molar-refractivity contribution is 5.95. The normalized spacial score (nSPS) is 10.9. The van der Waals surface area contributed by atoms with Crippen LogP contribution in [0.15, 0.2) is 66.7 Å². The van der Waals surface area contributed by atoms with Gasteiger partial charge >= 0.3 is 0 Å². The molecule has 136 valence electrons. The lowest BCUT2D eigenvalue weighted by Crippen LogP contribution is -2.04. The minimum Gasteiger partial charge on any atom is -0.497 e. The van der Waals surface area contributed by atoms with E-state index in [0.29, 0.717) is 23.6 Å². The Balaban J connectivity index is 1.96. The second kappa shape index (κ2) is 7.11. The van der Waals surface area contributed by atoms with Crippen molar-refractivity contribution in [3.63, 3.8) is 0 Å². The lowest BCUT2D eigenvalue weighted by atomic mass is 10.1. The Kier molecular flexibility index (Phi) is 4.50. The summed E-state index contributed by atoms with van der Waals surface area (Å²) in [5.41, 5.74) is 3.08. The maximum atomic E-state index is 14.4. The van der Waals surface area contributed by atoms with Gasteiger partial charge in [-0.15, -0.1) is 0 Å². The van der Waals surface area contributed by atoms with Crippen LogP contribution in [0.5, 0.6) is 11.5 Å². The van der Waals surface area contributed by atoms with Crippen molar-refractivity contribution >= 4 is 10.9 Å². The summed E-state index contributed by atoms with van der Waals surface area (Å²) in [5.74, 6) is 1.00. The molecule has 0 radical (unpaired) electrons. The first-order chi connectivity index (χ1) is 13.2. The van der Waals surface area contributed by atoms with E-state index in [0.717, 1.165) is 22.2 Å². The van der Waals surface area contributed by atoms with Crippen LogP contribution in [0.1, 0.15) is 5.56 Å². The summed E-state index contributed by atoms with van der Waals surface area (Å²) in [5, 5.41) is 5.30. The number of aromatic nitrogens is 2. The average Bonchev–Trinajstić information content (AvgIpc) is 3.07. The number of rotatable bonds is 5. The van der Waals surface area contributed by atoms with Crippen molar-refractivity contribution in [3.05, 3.63) is 78.1 Å². The number of nitrogens with zero attached hydrogens (tertiary/aromatic N) is 2. The largest absolute Gasteiger partial charge is 0.497 e. The first-order valence-corrected chi connectivity index (χ1v) is 8.62. The molecule has 27 heavy (non-hydrogen) atoms.